The van der Waals surface area contributed by atoms with Crippen LogP contribution in [0.2, 0.25) is 6.32 Å². The lowest BCUT2D eigenvalue weighted by atomic mass is 9.82. The summed E-state index contributed by atoms with van der Waals surface area (Å²) in [5.74, 6) is 0.103. The maximum atomic E-state index is 12.1. The van der Waals surface area contributed by atoms with Gasteiger partial charge in [0.2, 0.25) is 0 Å². The number of benzene rings is 1. The van der Waals surface area contributed by atoms with Gasteiger partial charge < -0.3 is 22.4 Å². The van der Waals surface area contributed by atoms with Crippen LogP contribution in [0.1, 0.15) is 16.8 Å². The average molecular weight is 261 g/mol. The molecule has 0 saturated carbocycles. The molecule has 1 aromatic carbocycles. The van der Waals surface area contributed by atoms with E-state index < -0.39 is 25.5 Å². The van der Waals surface area contributed by atoms with Crippen LogP contribution < -0.4 is 9.47 Å². The highest BCUT2D eigenvalue weighted by Gasteiger charge is 2.24. The number of ether oxygens (including phenoxy) is 2. The molecule has 0 unspecified atom stereocenters. The molecular weight excluding hydrogens is 248 g/mol. The fraction of sp³-hybridized carbons (Fsp3) is 0.364. The van der Waals surface area contributed by atoms with E-state index in [0.717, 1.165) is 0 Å². The molecule has 0 bridgehead atoms. The van der Waals surface area contributed by atoms with E-state index in [9.17, 15) is 17.7 Å². The summed E-state index contributed by atoms with van der Waals surface area (Å²) in [5, 5.41) is 0. The van der Waals surface area contributed by atoms with Gasteiger partial charge in [-0.3, -0.25) is 4.79 Å². The molecule has 0 aliphatic heterocycles. The third-order valence-electron chi connectivity index (χ3n) is 2.41. The minimum atomic E-state index is -4.94. The Balaban J connectivity index is 2.85. The highest BCUT2D eigenvalue weighted by molar-refractivity contribution is 6.58. The molecule has 0 heterocycles. The molecule has 0 saturated heterocycles. The Hall–Kier alpha value is -1.66. The molecule has 0 amide bonds. The van der Waals surface area contributed by atoms with Crippen molar-refractivity contribution in [2.24, 2.45) is 0 Å². The Morgan fingerprint density at radius 1 is 1.22 bits per heavy atom. The zero-order chi connectivity index (χ0) is 13.8. The van der Waals surface area contributed by atoms with Crippen LogP contribution >= 0.6 is 0 Å². The van der Waals surface area contributed by atoms with Crippen LogP contribution in [0, 0.1) is 0 Å². The van der Waals surface area contributed by atoms with Crippen LogP contribution in [0.4, 0.5) is 12.9 Å². The third-order valence-corrected chi connectivity index (χ3v) is 2.41. The molecule has 3 nitrogen and oxygen atoms in total. The van der Waals surface area contributed by atoms with E-state index in [2.05, 4.69) is 0 Å². The van der Waals surface area contributed by atoms with Gasteiger partial charge in [-0.15, -0.1) is 0 Å². The molecule has 0 fully saturated rings. The number of hydrogen-bond donors (Lipinski definition) is 0. The van der Waals surface area contributed by atoms with E-state index in [-0.39, 0.29) is 11.3 Å². The van der Waals surface area contributed by atoms with Crippen molar-refractivity contribution in [3.05, 3.63) is 23.8 Å². The maximum absolute atomic E-state index is 12.1. The minimum Gasteiger partial charge on any atom is -0.497 e. The smallest absolute Gasteiger partial charge is 0.478 e. The van der Waals surface area contributed by atoms with Gasteiger partial charge in [-0.05, 0) is 18.6 Å². The SMILES string of the molecule is COc1ccc(C(=O)CC[B-](F)(F)F)c(OC)c1. The first kappa shape index (κ1) is 14.4. The predicted molar refractivity (Wildman–Crippen MR) is 62.4 cm³/mol. The van der Waals surface area contributed by atoms with Gasteiger partial charge in [0.05, 0.1) is 19.8 Å². The Kier molecular flexibility index (Phi) is 4.64. The predicted octanol–water partition coefficient (Wildman–Crippen LogP) is 3.12. The molecule has 0 radical (unpaired) electrons. The van der Waals surface area contributed by atoms with Gasteiger partial charge >= 0.3 is 6.98 Å². The Morgan fingerprint density at radius 2 is 1.89 bits per heavy atom. The first-order chi connectivity index (χ1) is 8.37. The van der Waals surface area contributed by atoms with Gasteiger partial charge in [0, 0.05) is 6.07 Å². The lowest BCUT2D eigenvalue weighted by Gasteiger charge is -2.13. The molecule has 1 aromatic rings. The van der Waals surface area contributed by atoms with E-state index in [1.54, 1.807) is 0 Å². The van der Waals surface area contributed by atoms with Gasteiger partial charge in [-0.25, -0.2) is 0 Å². The Morgan fingerprint density at radius 3 is 2.39 bits per heavy atom. The van der Waals surface area contributed by atoms with Crippen molar-refractivity contribution in [3.63, 3.8) is 0 Å². The number of rotatable bonds is 6. The van der Waals surface area contributed by atoms with Crippen LogP contribution in [0.25, 0.3) is 0 Å². The summed E-state index contributed by atoms with van der Waals surface area (Å²) in [6.45, 7) is -4.94. The van der Waals surface area contributed by atoms with E-state index in [0.29, 0.717) is 5.75 Å². The molecule has 18 heavy (non-hydrogen) atoms. The minimum absolute atomic E-state index is 0.137. The van der Waals surface area contributed by atoms with Crippen LogP contribution in [0.3, 0.4) is 0 Å². The first-order valence-electron chi connectivity index (χ1n) is 5.33. The highest BCUT2D eigenvalue weighted by Crippen LogP contribution is 2.27. The average Bonchev–Trinajstić information content (AvgIpc) is 2.34. The highest BCUT2D eigenvalue weighted by atomic mass is 19.4. The number of Topliss-reactive ketones (excluding diaryl/α,β-unsaturated/α-hetero) is 1. The molecule has 100 valence electrons. The summed E-state index contributed by atoms with van der Waals surface area (Å²) in [6.07, 6.45) is -1.64. The monoisotopic (exact) mass is 261 g/mol. The first-order valence-corrected chi connectivity index (χ1v) is 5.33. The molecule has 0 spiro atoms. The zero-order valence-corrected chi connectivity index (χ0v) is 10.1. The van der Waals surface area contributed by atoms with Gasteiger partial charge in [-0.2, -0.15) is 0 Å². The van der Waals surface area contributed by atoms with Crippen molar-refractivity contribution in [2.75, 3.05) is 14.2 Å². The van der Waals surface area contributed by atoms with Crippen molar-refractivity contribution >= 4 is 12.8 Å². The van der Waals surface area contributed by atoms with Gasteiger partial charge in [0.25, 0.3) is 0 Å². The van der Waals surface area contributed by atoms with E-state index in [4.69, 9.17) is 9.47 Å². The fourth-order valence-electron chi connectivity index (χ4n) is 1.46. The normalized spacial score (nSPS) is 11.2. The summed E-state index contributed by atoms with van der Waals surface area (Å²) in [6, 6.07) is 4.38. The van der Waals surface area contributed by atoms with E-state index >= 15 is 0 Å². The summed E-state index contributed by atoms with van der Waals surface area (Å²) in [4.78, 5) is 11.7. The standard InChI is InChI=1S/C11H13BF3O3/c1-17-8-3-4-9(11(7-8)18-2)10(16)5-6-12(13,14)15/h3-4,7H,5-6H2,1-2H3/q-1. The molecule has 0 atom stereocenters. The Labute approximate surface area is 103 Å². The second-order valence-corrected chi connectivity index (χ2v) is 3.74. The number of carbonyl (C=O) groups excluding carboxylic acids is 1. The lowest BCUT2D eigenvalue weighted by Crippen LogP contribution is -2.16. The number of halogens is 3. The van der Waals surface area contributed by atoms with E-state index in [1.807, 2.05) is 0 Å². The van der Waals surface area contributed by atoms with Crippen molar-refractivity contribution < 1.29 is 27.2 Å². The van der Waals surface area contributed by atoms with Crippen molar-refractivity contribution in [2.45, 2.75) is 12.7 Å². The summed E-state index contributed by atoms with van der Waals surface area (Å²) in [5.41, 5.74) is 0.137. The molecule has 1 rings (SSSR count). The topological polar surface area (TPSA) is 35.5 Å². The van der Waals surface area contributed by atoms with Gasteiger partial charge in [0.1, 0.15) is 11.5 Å². The quantitative estimate of drug-likeness (QED) is 0.583. The number of methoxy groups -OCH3 is 2. The van der Waals surface area contributed by atoms with Gasteiger partial charge in [-0.1, -0.05) is 6.32 Å². The van der Waals surface area contributed by atoms with Crippen LogP contribution in [0.15, 0.2) is 18.2 Å². The third kappa shape index (κ3) is 3.98. The van der Waals surface area contributed by atoms with E-state index in [1.165, 1.54) is 32.4 Å². The summed E-state index contributed by atoms with van der Waals surface area (Å²) < 4.78 is 46.2. The molecule has 0 N–H and O–H groups in total. The zero-order valence-electron chi connectivity index (χ0n) is 10.1. The molecular formula is C11H13BF3O3-. The number of carbonyl (C=O) groups is 1. The maximum Gasteiger partial charge on any atom is 0.478 e. The van der Waals surface area contributed by atoms with Crippen LogP contribution in [-0.2, 0) is 0 Å². The largest absolute Gasteiger partial charge is 0.497 e. The van der Waals surface area contributed by atoms with Crippen molar-refractivity contribution in [3.8, 4) is 11.5 Å². The molecule has 0 aliphatic carbocycles. The second-order valence-electron chi connectivity index (χ2n) is 3.74. The molecule has 7 heteroatoms. The van der Waals surface area contributed by atoms with Crippen LogP contribution in [0.5, 0.6) is 11.5 Å². The van der Waals surface area contributed by atoms with Crippen molar-refractivity contribution in [1.82, 2.24) is 0 Å². The Bertz CT molecular complexity index is 432. The van der Waals surface area contributed by atoms with Crippen molar-refractivity contribution in [1.29, 1.82) is 0 Å². The van der Waals surface area contributed by atoms with Gasteiger partial charge in [0.15, 0.2) is 5.78 Å². The molecule has 0 aliphatic rings. The molecule has 0 aromatic heterocycles. The second kappa shape index (κ2) is 5.79. The fourth-order valence-corrected chi connectivity index (χ4v) is 1.46. The lowest BCUT2D eigenvalue weighted by molar-refractivity contribution is 0.0982. The number of hydrogen-bond acceptors (Lipinski definition) is 3. The summed E-state index contributed by atoms with van der Waals surface area (Å²) in [7, 11) is 2.79. The van der Waals surface area contributed by atoms with Crippen LogP contribution in [-0.4, -0.2) is 27.0 Å². The summed E-state index contributed by atoms with van der Waals surface area (Å²) >= 11 is 0. The number of ketones is 1.